The quantitative estimate of drug-likeness (QED) is 0.832. The third kappa shape index (κ3) is 2.41. The maximum atomic E-state index is 13.5. The summed E-state index contributed by atoms with van der Waals surface area (Å²) in [4.78, 5) is 0. The van der Waals surface area contributed by atoms with Gasteiger partial charge in [-0.15, -0.1) is 0 Å². The van der Waals surface area contributed by atoms with E-state index in [1.807, 2.05) is 0 Å². The van der Waals surface area contributed by atoms with Gasteiger partial charge in [-0.3, -0.25) is 0 Å². The van der Waals surface area contributed by atoms with E-state index in [9.17, 15) is 8.78 Å². The molecule has 0 saturated carbocycles. The van der Waals surface area contributed by atoms with Crippen molar-refractivity contribution in [1.29, 1.82) is 0 Å². The first-order valence-electron chi connectivity index (χ1n) is 5.95. The lowest BCUT2D eigenvalue weighted by atomic mass is 9.67. The van der Waals surface area contributed by atoms with Gasteiger partial charge in [0.2, 0.25) is 6.43 Å². The molecule has 2 rings (SSSR count). The SMILES string of the molecule is [B]CNC([B])C(C)(c1ccc2ccoc2c1)C(F)F. The Hall–Kier alpha value is -1.29. The Labute approximate surface area is 113 Å². The maximum absolute atomic E-state index is 13.5. The van der Waals surface area contributed by atoms with E-state index in [1.165, 1.54) is 13.2 Å². The third-order valence-corrected chi connectivity index (χ3v) is 3.52. The summed E-state index contributed by atoms with van der Waals surface area (Å²) in [5, 5.41) is 3.51. The van der Waals surface area contributed by atoms with Crippen molar-refractivity contribution >= 4 is 26.7 Å². The number of hydrogen-bond acceptors (Lipinski definition) is 2. The molecular weight excluding hydrogens is 246 g/mol. The van der Waals surface area contributed by atoms with Crippen LogP contribution in [0.1, 0.15) is 12.5 Å². The summed E-state index contributed by atoms with van der Waals surface area (Å²) >= 11 is 0. The summed E-state index contributed by atoms with van der Waals surface area (Å²) in [6.45, 7) is 1.41. The van der Waals surface area contributed by atoms with E-state index >= 15 is 0 Å². The summed E-state index contributed by atoms with van der Waals surface area (Å²) in [6, 6.07) is 6.75. The molecule has 0 aliphatic carbocycles. The molecular formula is C13H13B2F2NO. The molecule has 0 fully saturated rings. The molecule has 96 valence electrons. The van der Waals surface area contributed by atoms with Crippen LogP contribution in [0.15, 0.2) is 34.9 Å². The highest BCUT2D eigenvalue weighted by Gasteiger charge is 2.41. The molecule has 19 heavy (non-hydrogen) atoms. The molecule has 0 aliphatic rings. The zero-order chi connectivity index (χ0) is 14.0. The molecule has 0 bridgehead atoms. The maximum Gasteiger partial charge on any atom is 0.248 e. The molecule has 2 atom stereocenters. The number of benzene rings is 1. The summed E-state index contributed by atoms with van der Waals surface area (Å²) in [7, 11) is 11.1. The average molecular weight is 259 g/mol. The van der Waals surface area contributed by atoms with E-state index in [2.05, 4.69) is 5.32 Å². The average Bonchev–Trinajstić information content (AvgIpc) is 2.84. The van der Waals surface area contributed by atoms with Gasteiger partial charge < -0.3 is 9.73 Å². The lowest BCUT2D eigenvalue weighted by Gasteiger charge is -2.36. The Balaban J connectivity index is 2.47. The summed E-state index contributed by atoms with van der Waals surface area (Å²) in [5.74, 6) is -0.954. The molecule has 1 aromatic carbocycles. The van der Waals surface area contributed by atoms with Crippen LogP contribution in [-0.4, -0.2) is 34.5 Å². The standard InChI is InChI=1S/C13H13B2F2NO/c1-13(12(16)17,11(15)18-7-14)9-3-2-8-4-5-19-10(8)6-9/h2-6,11-12,18H,7H2,1H3. The largest absolute Gasteiger partial charge is 0.464 e. The van der Waals surface area contributed by atoms with Gasteiger partial charge >= 0.3 is 0 Å². The molecule has 0 aliphatic heterocycles. The van der Waals surface area contributed by atoms with Crippen molar-refractivity contribution in [2.24, 2.45) is 0 Å². The fourth-order valence-corrected chi connectivity index (χ4v) is 2.07. The van der Waals surface area contributed by atoms with E-state index in [0.717, 1.165) is 5.39 Å². The van der Waals surface area contributed by atoms with Gasteiger partial charge in [-0.05, 0) is 37.0 Å². The zero-order valence-electron chi connectivity index (χ0n) is 10.6. The zero-order valence-corrected chi connectivity index (χ0v) is 10.6. The number of furan rings is 1. The van der Waals surface area contributed by atoms with Crippen molar-refractivity contribution in [1.82, 2.24) is 5.32 Å². The van der Waals surface area contributed by atoms with Crippen molar-refractivity contribution in [2.45, 2.75) is 24.7 Å². The Morgan fingerprint density at radius 3 is 2.74 bits per heavy atom. The van der Waals surface area contributed by atoms with Gasteiger partial charge in [-0.1, -0.05) is 12.1 Å². The highest BCUT2D eigenvalue weighted by Crippen LogP contribution is 2.35. The minimum Gasteiger partial charge on any atom is -0.464 e. The fraction of sp³-hybridized carbons (Fsp3) is 0.385. The molecule has 0 amide bonds. The van der Waals surface area contributed by atoms with Crippen LogP contribution >= 0.6 is 0 Å². The number of halogens is 2. The van der Waals surface area contributed by atoms with Crippen LogP contribution in [0.5, 0.6) is 0 Å². The molecule has 0 spiro atoms. The molecule has 1 aromatic heterocycles. The van der Waals surface area contributed by atoms with Crippen molar-refractivity contribution in [3.63, 3.8) is 0 Å². The van der Waals surface area contributed by atoms with Crippen molar-refractivity contribution < 1.29 is 13.2 Å². The Morgan fingerprint density at radius 2 is 2.11 bits per heavy atom. The van der Waals surface area contributed by atoms with E-state index in [1.54, 1.807) is 24.3 Å². The molecule has 1 heterocycles. The molecule has 2 unspecified atom stereocenters. The van der Waals surface area contributed by atoms with E-state index < -0.39 is 17.8 Å². The predicted octanol–water partition coefficient (Wildman–Crippen LogP) is 2.17. The topological polar surface area (TPSA) is 25.2 Å². The van der Waals surface area contributed by atoms with E-state index in [0.29, 0.717) is 11.1 Å². The second-order valence-corrected chi connectivity index (χ2v) is 4.64. The smallest absolute Gasteiger partial charge is 0.248 e. The Kier molecular flexibility index (Phi) is 3.99. The molecule has 0 saturated heterocycles. The van der Waals surface area contributed by atoms with Crippen molar-refractivity contribution in [2.75, 3.05) is 6.44 Å². The Morgan fingerprint density at radius 1 is 1.37 bits per heavy atom. The molecule has 1 N–H and O–H groups in total. The molecule has 2 nitrogen and oxygen atoms in total. The third-order valence-electron chi connectivity index (χ3n) is 3.52. The van der Waals surface area contributed by atoms with Crippen LogP contribution in [0.4, 0.5) is 8.78 Å². The molecule has 6 heteroatoms. The van der Waals surface area contributed by atoms with Gasteiger partial charge in [0.25, 0.3) is 0 Å². The number of alkyl halides is 2. The molecule has 2 aromatic rings. The van der Waals surface area contributed by atoms with Crippen LogP contribution in [0.2, 0.25) is 0 Å². The minimum absolute atomic E-state index is 0.0342. The second kappa shape index (κ2) is 5.37. The summed E-state index contributed by atoms with van der Waals surface area (Å²) in [5.41, 5.74) is -0.567. The fourth-order valence-electron chi connectivity index (χ4n) is 2.07. The molecule has 4 radical (unpaired) electrons. The number of nitrogens with one attached hydrogen (secondary N) is 1. The highest BCUT2D eigenvalue weighted by atomic mass is 19.3. The van der Waals surface area contributed by atoms with Crippen LogP contribution in [0.25, 0.3) is 11.0 Å². The summed E-state index contributed by atoms with van der Waals surface area (Å²) < 4.78 is 32.2. The van der Waals surface area contributed by atoms with E-state index in [4.69, 9.17) is 20.1 Å². The van der Waals surface area contributed by atoms with Gasteiger partial charge in [-0.2, -0.15) is 0 Å². The van der Waals surface area contributed by atoms with Gasteiger partial charge in [0.15, 0.2) is 0 Å². The normalized spacial score (nSPS) is 16.6. The monoisotopic (exact) mass is 259 g/mol. The number of hydrogen-bond donors (Lipinski definition) is 1. The van der Waals surface area contributed by atoms with Crippen molar-refractivity contribution in [3.8, 4) is 0 Å². The second-order valence-electron chi connectivity index (χ2n) is 4.64. The van der Waals surface area contributed by atoms with E-state index in [-0.39, 0.29) is 6.44 Å². The van der Waals surface area contributed by atoms with Crippen LogP contribution in [0, 0.1) is 0 Å². The van der Waals surface area contributed by atoms with Crippen LogP contribution in [-0.2, 0) is 5.41 Å². The minimum atomic E-state index is -2.63. The van der Waals surface area contributed by atoms with Gasteiger partial charge in [-0.25, -0.2) is 8.78 Å². The van der Waals surface area contributed by atoms with Gasteiger partial charge in [0.05, 0.1) is 27.4 Å². The van der Waals surface area contributed by atoms with Gasteiger partial charge in [0, 0.05) is 5.39 Å². The first-order valence-corrected chi connectivity index (χ1v) is 5.95. The Bertz CT molecular complexity index is 560. The predicted molar refractivity (Wildman–Crippen MR) is 72.9 cm³/mol. The van der Waals surface area contributed by atoms with Crippen LogP contribution < -0.4 is 5.32 Å². The van der Waals surface area contributed by atoms with Crippen LogP contribution in [0.3, 0.4) is 0 Å². The number of fused-ring (bicyclic) bond motifs is 1. The lowest BCUT2D eigenvalue weighted by molar-refractivity contribution is 0.0519. The summed E-state index contributed by atoms with van der Waals surface area (Å²) in [6.07, 6.45) is -1.08. The highest BCUT2D eigenvalue weighted by molar-refractivity contribution is 6.14. The lowest BCUT2D eigenvalue weighted by Crippen LogP contribution is -2.51. The first-order chi connectivity index (χ1) is 9.00. The number of rotatable bonds is 5. The first kappa shape index (κ1) is 14.1. The van der Waals surface area contributed by atoms with Crippen molar-refractivity contribution in [3.05, 3.63) is 36.1 Å². The van der Waals surface area contributed by atoms with Gasteiger partial charge in [0.1, 0.15) is 5.58 Å².